The van der Waals surface area contributed by atoms with Gasteiger partial charge in [0, 0.05) is 18.2 Å². The number of H-pyrrole nitrogens is 1. The number of hydrogen-bond acceptors (Lipinski definition) is 3. The van der Waals surface area contributed by atoms with Crippen molar-refractivity contribution in [3.8, 4) is 17.0 Å². The van der Waals surface area contributed by atoms with Gasteiger partial charge in [0.1, 0.15) is 11.6 Å². The number of halogens is 1. The van der Waals surface area contributed by atoms with Crippen molar-refractivity contribution in [3.63, 3.8) is 0 Å². The number of hydrogen-bond donors (Lipinski definition) is 1. The minimum Gasteiger partial charge on any atom is -0.496 e. The first kappa shape index (κ1) is 12.3. The number of aromatic amines is 1. The maximum absolute atomic E-state index is 13.3. The van der Waals surface area contributed by atoms with E-state index in [1.54, 1.807) is 6.92 Å². The number of benzene rings is 1. The van der Waals surface area contributed by atoms with Crippen molar-refractivity contribution in [2.24, 2.45) is 0 Å². The van der Waals surface area contributed by atoms with Crippen LogP contribution in [-0.2, 0) is 0 Å². The Morgan fingerprint density at radius 3 is 2.72 bits per heavy atom. The maximum atomic E-state index is 13.3. The Morgan fingerprint density at radius 2 is 2.17 bits per heavy atom. The van der Waals surface area contributed by atoms with Crippen LogP contribution in [0.25, 0.3) is 11.3 Å². The van der Waals surface area contributed by atoms with E-state index in [0.717, 1.165) is 0 Å². The van der Waals surface area contributed by atoms with Crippen molar-refractivity contribution in [1.82, 2.24) is 9.97 Å². The minimum absolute atomic E-state index is 0.167. The number of carbonyl (C=O) groups is 1. The summed E-state index contributed by atoms with van der Waals surface area (Å²) in [6.45, 7) is 3.20. The first-order valence-electron chi connectivity index (χ1n) is 5.44. The number of carbonyl (C=O) groups excluding carboxylic acids is 1. The fourth-order valence-electron chi connectivity index (χ4n) is 1.75. The van der Waals surface area contributed by atoms with Crippen molar-refractivity contribution < 1.29 is 13.9 Å². The molecule has 2 aromatic rings. The molecule has 4 nitrogen and oxygen atoms in total. The molecular formula is C13H13FN2O2. The highest BCUT2D eigenvalue weighted by molar-refractivity contribution is 5.91. The van der Waals surface area contributed by atoms with E-state index in [4.69, 9.17) is 4.74 Å². The van der Waals surface area contributed by atoms with Gasteiger partial charge in [0.05, 0.1) is 12.8 Å². The first-order chi connectivity index (χ1) is 8.52. The monoisotopic (exact) mass is 248 g/mol. The van der Waals surface area contributed by atoms with E-state index in [-0.39, 0.29) is 17.4 Å². The fraction of sp³-hybridized carbons (Fsp3) is 0.231. The molecule has 1 heterocycles. The number of nitrogens with zero attached hydrogens (tertiary/aromatic N) is 1. The normalized spacial score (nSPS) is 10.4. The van der Waals surface area contributed by atoms with Gasteiger partial charge in [0.25, 0.3) is 0 Å². The molecule has 0 saturated carbocycles. The fourth-order valence-corrected chi connectivity index (χ4v) is 1.75. The number of ether oxygens (including phenoxy) is 1. The highest BCUT2D eigenvalue weighted by atomic mass is 19.1. The second-order valence-electron chi connectivity index (χ2n) is 3.96. The van der Waals surface area contributed by atoms with Gasteiger partial charge < -0.3 is 9.72 Å². The van der Waals surface area contributed by atoms with Crippen molar-refractivity contribution in [2.75, 3.05) is 7.11 Å². The summed E-state index contributed by atoms with van der Waals surface area (Å²) in [6.07, 6.45) is 0. The highest BCUT2D eigenvalue weighted by Crippen LogP contribution is 2.31. The van der Waals surface area contributed by atoms with Crippen LogP contribution in [0.4, 0.5) is 4.39 Å². The lowest BCUT2D eigenvalue weighted by Crippen LogP contribution is -1.94. The zero-order chi connectivity index (χ0) is 13.3. The second-order valence-corrected chi connectivity index (χ2v) is 3.96. The number of Topliss-reactive ketones (excluding diaryl/α,β-unsaturated/α-hetero) is 1. The molecule has 2 rings (SSSR count). The van der Waals surface area contributed by atoms with Crippen LogP contribution in [0.15, 0.2) is 18.2 Å². The molecule has 0 saturated heterocycles. The van der Waals surface area contributed by atoms with Gasteiger partial charge in [-0.3, -0.25) is 4.79 Å². The van der Waals surface area contributed by atoms with Gasteiger partial charge >= 0.3 is 0 Å². The number of aromatic nitrogens is 2. The second kappa shape index (κ2) is 4.60. The van der Waals surface area contributed by atoms with E-state index in [2.05, 4.69) is 9.97 Å². The molecule has 0 unspecified atom stereocenters. The van der Waals surface area contributed by atoms with Gasteiger partial charge in [-0.05, 0) is 25.1 Å². The third-order valence-electron chi connectivity index (χ3n) is 2.63. The number of methoxy groups -OCH3 is 1. The van der Waals surface area contributed by atoms with Crippen molar-refractivity contribution in [2.45, 2.75) is 13.8 Å². The van der Waals surface area contributed by atoms with Gasteiger partial charge in [0.2, 0.25) is 0 Å². The third-order valence-corrected chi connectivity index (χ3v) is 2.63. The Bertz CT molecular complexity index is 605. The van der Waals surface area contributed by atoms with E-state index in [9.17, 15) is 9.18 Å². The van der Waals surface area contributed by atoms with Crippen LogP contribution in [0.3, 0.4) is 0 Å². The first-order valence-corrected chi connectivity index (χ1v) is 5.44. The van der Waals surface area contributed by atoms with Gasteiger partial charge in [-0.25, -0.2) is 9.37 Å². The van der Waals surface area contributed by atoms with Gasteiger partial charge in [0.15, 0.2) is 11.6 Å². The zero-order valence-corrected chi connectivity index (χ0v) is 10.4. The SMILES string of the molecule is COc1ccc(F)cc1-c1nc(C(C)=O)[nH]c1C. The van der Waals surface area contributed by atoms with Crippen molar-refractivity contribution >= 4 is 5.78 Å². The van der Waals surface area contributed by atoms with Crippen molar-refractivity contribution in [3.05, 3.63) is 35.5 Å². The molecule has 94 valence electrons. The van der Waals surface area contributed by atoms with Crippen LogP contribution in [0, 0.1) is 12.7 Å². The largest absolute Gasteiger partial charge is 0.496 e. The average molecular weight is 248 g/mol. The van der Waals surface area contributed by atoms with Crippen LogP contribution >= 0.6 is 0 Å². The number of aryl methyl sites for hydroxylation is 1. The summed E-state index contributed by atoms with van der Waals surface area (Å²) >= 11 is 0. The van der Waals surface area contributed by atoms with E-state index in [1.165, 1.54) is 32.2 Å². The molecule has 0 aliphatic carbocycles. The minimum atomic E-state index is -0.377. The maximum Gasteiger partial charge on any atom is 0.195 e. The van der Waals surface area contributed by atoms with E-state index in [0.29, 0.717) is 22.7 Å². The highest BCUT2D eigenvalue weighted by Gasteiger charge is 2.16. The van der Waals surface area contributed by atoms with E-state index in [1.807, 2.05) is 0 Å². The third kappa shape index (κ3) is 2.11. The Kier molecular flexibility index (Phi) is 3.14. The Hall–Kier alpha value is -2.17. The summed E-state index contributed by atoms with van der Waals surface area (Å²) in [4.78, 5) is 18.3. The van der Waals surface area contributed by atoms with Gasteiger partial charge in [-0.1, -0.05) is 0 Å². The molecule has 0 fully saturated rings. The number of ketones is 1. The van der Waals surface area contributed by atoms with Gasteiger partial charge in [-0.2, -0.15) is 0 Å². The number of rotatable bonds is 3. The molecule has 1 aromatic carbocycles. The summed E-state index contributed by atoms with van der Waals surface area (Å²) in [5.74, 6) is 0.229. The topological polar surface area (TPSA) is 55.0 Å². The van der Waals surface area contributed by atoms with Crippen LogP contribution < -0.4 is 4.74 Å². The van der Waals surface area contributed by atoms with Crippen molar-refractivity contribution in [1.29, 1.82) is 0 Å². The molecule has 1 N–H and O–H groups in total. The average Bonchev–Trinajstić information content (AvgIpc) is 2.71. The predicted octanol–water partition coefficient (Wildman–Crippen LogP) is 2.74. The van der Waals surface area contributed by atoms with E-state index < -0.39 is 0 Å². The molecule has 5 heteroatoms. The van der Waals surface area contributed by atoms with Crippen LogP contribution in [0.5, 0.6) is 5.75 Å². The summed E-state index contributed by atoms with van der Waals surface area (Å²) < 4.78 is 18.5. The lowest BCUT2D eigenvalue weighted by molar-refractivity contribution is 0.100. The quantitative estimate of drug-likeness (QED) is 0.850. The predicted molar refractivity (Wildman–Crippen MR) is 65.3 cm³/mol. The molecule has 0 bridgehead atoms. The molecular weight excluding hydrogens is 235 g/mol. The van der Waals surface area contributed by atoms with Crippen LogP contribution in [0.2, 0.25) is 0 Å². The molecule has 0 spiro atoms. The van der Waals surface area contributed by atoms with E-state index >= 15 is 0 Å². The zero-order valence-electron chi connectivity index (χ0n) is 10.4. The van der Waals surface area contributed by atoms with Crippen LogP contribution in [-0.4, -0.2) is 22.9 Å². The molecule has 1 aromatic heterocycles. The Labute approximate surface area is 104 Å². The summed E-state index contributed by atoms with van der Waals surface area (Å²) in [7, 11) is 1.50. The number of imidazole rings is 1. The summed E-state index contributed by atoms with van der Waals surface area (Å²) in [6, 6.07) is 4.19. The molecule has 18 heavy (non-hydrogen) atoms. The van der Waals surface area contributed by atoms with Crippen LogP contribution in [0.1, 0.15) is 23.2 Å². The summed E-state index contributed by atoms with van der Waals surface area (Å²) in [5.41, 5.74) is 1.75. The molecule has 0 atom stereocenters. The molecule has 0 aliphatic rings. The lowest BCUT2D eigenvalue weighted by atomic mass is 10.1. The Balaban J connectivity index is 2.60. The molecule has 0 radical (unpaired) electrons. The summed E-state index contributed by atoms with van der Waals surface area (Å²) in [5, 5.41) is 0. The standard InChI is InChI=1S/C13H13FN2O2/c1-7-12(16-13(15-7)8(2)17)10-6-9(14)4-5-11(10)18-3/h4-6H,1-3H3,(H,15,16). The number of nitrogens with one attached hydrogen (secondary N) is 1. The smallest absolute Gasteiger partial charge is 0.195 e. The Morgan fingerprint density at radius 1 is 1.44 bits per heavy atom. The molecule has 0 aliphatic heterocycles. The van der Waals surface area contributed by atoms with Gasteiger partial charge in [-0.15, -0.1) is 0 Å². The molecule has 0 amide bonds. The lowest BCUT2D eigenvalue weighted by Gasteiger charge is -2.06.